The zero-order chi connectivity index (χ0) is 22.7. The van der Waals surface area contributed by atoms with Crippen LogP contribution in [0.5, 0.6) is 5.75 Å². The molecule has 4 rings (SSSR count). The Morgan fingerprint density at radius 2 is 2.22 bits per heavy atom. The molecular weight excluding hydrogens is 446 g/mol. The van der Waals surface area contributed by atoms with E-state index in [-0.39, 0.29) is 17.9 Å². The molecule has 6 nitrogen and oxygen atoms in total. The predicted molar refractivity (Wildman–Crippen MR) is 131 cm³/mol. The van der Waals surface area contributed by atoms with Crippen LogP contribution in [0.2, 0.25) is 5.02 Å². The molecule has 3 atom stereocenters. The van der Waals surface area contributed by atoms with Gasteiger partial charge in [0.1, 0.15) is 5.75 Å². The number of aromatic nitrogens is 1. The number of aliphatic carboxylic acids is 1. The van der Waals surface area contributed by atoms with Crippen molar-refractivity contribution in [2.45, 2.75) is 43.4 Å². The standard InChI is InChI=1S/C24H32ClN3O3S/c1-31-16-3-7-22-18(12-16)23(20(25)13-27-22)21(26)6-2-15-8-9-28(14-19(15)24(29)30)10-11-32-17-4-5-17/h3,7,12-13,15,17,19,21H,2,4-6,8-11,14,26H2,1H3,(H,29,30)/t15-,19+,21-/m0/s1. The maximum absolute atomic E-state index is 12.0. The third-order valence-corrected chi connectivity index (χ3v) is 8.39. The average molecular weight is 478 g/mol. The lowest BCUT2D eigenvalue weighted by Crippen LogP contribution is -2.44. The zero-order valence-electron chi connectivity index (χ0n) is 18.5. The van der Waals surface area contributed by atoms with E-state index in [1.165, 1.54) is 12.8 Å². The number of rotatable bonds is 10. The molecule has 3 N–H and O–H groups in total. The van der Waals surface area contributed by atoms with E-state index in [0.29, 0.717) is 18.0 Å². The van der Waals surface area contributed by atoms with Crippen LogP contribution < -0.4 is 10.5 Å². The normalized spacial score (nSPS) is 22.7. The van der Waals surface area contributed by atoms with Gasteiger partial charge in [-0.25, -0.2) is 0 Å². The highest BCUT2D eigenvalue weighted by molar-refractivity contribution is 8.00. The number of benzene rings is 1. The molecule has 2 fully saturated rings. The summed E-state index contributed by atoms with van der Waals surface area (Å²) in [6.07, 6.45) is 6.68. The first-order valence-corrected chi connectivity index (χ1v) is 12.8. The minimum Gasteiger partial charge on any atom is -0.497 e. The number of thioether (sulfide) groups is 1. The summed E-state index contributed by atoms with van der Waals surface area (Å²) in [4.78, 5) is 18.7. The van der Waals surface area contributed by atoms with Gasteiger partial charge in [0.25, 0.3) is 0 Å². The van der Waals surface area contributed by atoms with Gasteiger partial charge in [-0.3, -0.25) is 9.78 Å². The molecule has 174 valence electrons. The van der Waals surface area contributed by atoms with E-state index >= 15 is 0 Å². The predicted octanol–water partition coefficient (Wildman–Crippen LogP) is 4.60. The van der Waals surface area contributed by atoms with Crippen molar-refractivity contribution in [1.82, 2.24) is 9.88 Å². The molecule has 1 aliphatic heterocycles. The van der Waals surface area contributed by atoms with Crippen molar-refractivity contribution in [3.05, 3.63) is 35.0 Å². The van der Waals surface area contributed by atoms with Crippen LogP contribution in [0, 0.1) is 11.8 Å². The number of nitrogens with zero attached hydrogens (tertiary/aromatic N) is 2. The SMILES string of the molecule is COc1ccc2ncc(Cl)c([C@@H](N)CC[C@H]3CCN(CCSC4CC4)C[C@H]3C(=O)O)c2c1. The van der Waals surface area contributed by atoms with Crippen LogP contribution in [0.15, 0.2) is 24.4 Å². The van der Waals surface area contributed by atoms with Crippen LogP contribution >= 0.6 is 23.4 Å². The zero-order valence-corrected chi connectivity index (χ0v) is 20.1. The first-order chi connectivity index (χ1) is 15.5. The Balaban J connectivity index is 1.40. The first kappa shape index (κ1) is 23.6. The summed E-state index contributed by atoms with van der Waals surface area (Å²) in [6.45, 7) is 2.58. The van der Waals surface area contributed by atoms with Crippen LogP contribution in [-0.2, 0) is 4.79 Å². The third kappa shape index (κ3) is 5.68. The number of carboxylic acid groups (broad SMARTS) is 1. The fourth-order valence-electron chi connectivity index (χ4n) is 4.69. The molecule has 0 radical (unpaired) electrons. The Morgan fingerprint density at radius 1 is 1.41 bits per heavy atom. The lowest BCUT2D eigenvalue weighted by molar-refractivity contribution is -0.146. The third-order valence-electron chi connectivity index (χ3n) is 6.73. The number of nitrogens with two attached hydrogens (primary N) is 1. The maximum Gasteiger partial charge on any atom is 0.308 e. The van der Waals surface area contributed by atoms with Crippen molar-refractivity contribution >= 4 is 40.2 Å². The van der Waals surface area contributed by atoms with Crippen molar-refractivity contribution in [3.8, 4) is 5.75 Å². The molecule has 1 aromatic carbocycles. The van der Waals surface area contributed by atoms with Gasteiger partial charge in [-0.05, 0) is 68.3 Å². The number of likely N-dealkylation sites (tertiary alicyclic amines) is 1. The number of fused-ring (bicyclic) bond motifs is 1. The van der Waals surface area contributed by atoms with Gasteiger partial charge in [-0.15, -0.1) is 0 Å². The van der Waals surface area contributed by atoms with E-state index in [2.05, 4.69) is 9.88 Å². The van der Waals surface area contributed by atoms with Crippen LogP contribution in [0.4, 0.5) is 0 Å². The molecule has 32 heavy (non-hydrogen) atoms. The van der Waals surface area contributed by atoms with Crippen LogP contribution in [0.25, 0.3) is 10.9 Å². The highest BCUT2D eigenvalue weighted by Gasteiger charge is 2.34. The van der Waals surface area contributed by atoms with Gasteiger partial charge in [0.2, 0.25) is 0 Å². The minimum absolute atomic E-state index is 0.132. The molecule has 0 spiro atoms. The Hall–Kier alpha value is -1.54. The molecule has 0 bridgehead atoms. The minimum atomic E-state index is -0.694. The Labute approximate surface area is 198 Å². The van der Waals surface area contributed by atoms with Crippen molar-refractivity contribution < 1.29 is 14.6 Å². The number of carbonyl (C=O) groups is 1. The van der Waals surface area contributed by atoms with Crippen molar-refractivity contribution in [2.75, 3.05) is 32.5 Å². The first-order valence-electron chi connectivity index (χ1n) is 11.4. The molecule has 0 amide bonds. The van der Waals surface area contributed by atoms with E-state index in [1.54, 1.807) is 13.3 Å². The number of carboxylic acids is 1. The molecular formula is C24H32ClN3O3S. The van der Waals surface area contributed by atoms with Gasteiger partial charge in [0.05, 0.1) is 23.6 Å². The molecule has 1 aliphatic carbocycles. The van der Waals surface area contributed by atoms with Gasteiger partial charge >= 0.3 is 5.97 Å². The molecule has 0 unspecified atom stereocenters. The van der Waals surface area contributed by atoms with Gasteiger partial charge < -0.3 is 20.5 Å². The summed E-state index contributed by atoms with van der Waals surface area (Å²) >= 11 is 8.53. The topological polar surface area (TPSA) is 88.7 Å². The summed E-state index contributed by atoms with van der Waals surface area (Å²) in [5, 5.41) is 12.1. The fourth-order valence-corrected chi connectivity index (χ4v) is 6.15. The number of ether oxygens (including phenoxy) is 1. The molecule has 2 aromatic rings. The number of pyridine rings is 1. The second kappa shape index (κ2) is 10.6. The van der Waals surface area contributed by atoms with Crippen molar-refractivity contribution in [1.29, 1.82) is 0 Å². The lowest BCUT2D eigenvalue weighted by Gasteiger charge is -2.37. The van der Waals surface area contributed by atoms with E-state index in [9.17, 15) is 9.90 Å². The number of hydrogen-bond donors (Lipinski definition) is 2. The smallest absolute Gasteiger partial charge is 0.308 e. The largest absolute Gasteiger partial charge is 0.497 e. The van der Waals surface area contributed by atoms with Crippen molar-refractivity contribution in [2.24, 2.45) is 17.6 Å². The molecule has 1 saturated heterocycles. The van der Waals surface area contributed by atoms with E-state index < -0.39 is 5.97 Å². The number of hydrogen-bond acceptors (Lipinski definition) is 6. The van der Waals surface area contributed by atoms with Crippen LogP contribution in [-0.4, -0.2) is 58.7 Å². The van der Waals surface area contributed by atoms with Gasteiger partial charge in [-0.1, -0.05) is 11.6 Å². The molecule has 1 aromatic heterocycles. The molecule has 1 saturated carbocycles. The second-order valence-electron chi connectivity index (χ2n) is 8.95. The summed E-state index contributed by atoms with van der Waals surface area (Å²) in [7, 11) is 1.63. The monoisotopic (exact) mass is 477 g/mol. The Morgan fingerprint density at radius 3 is 2.94 bits per heavy atom. The van der Waals surface area contributed by atoms with Gasteiger partial charge in [-0.2, -0.15) is 11.8 Å². The summed E-state index contributed by atoms with van der Waals surface area (Å²) in [6, 6.07) is 5.40. The summed E-state index contributed by atoms with van der Waals surface area (Å²) in [5.74, 6) is 0.927. The van der Waals surface area contributed by atoms with E-state index in [1.807, 2.05) is 30.0 Å². The molecule has 2 heterocycles. The highest BCUT2D eigenvalue weighted by Crippen LogP contribution is 2.37. The van der Waals surface area contributed by atoms with Crippen molar-refractivity contribution in [3.63, 3.8) is 0 Å². The Bertz CT molecular complexity index is 955. The van der Waals surface area contributed by atoms with Gasteiger partial charge in [0, 0.05) is 41.7 Å². The highest BCUT2D eigenvalue weighted by atomic mass is 35.5. The van der Waals surface area contributed by atoms with Crippen LogP contribution in [0.3, 0.4) is 0 Å². The van der Waals surface area contributed by atoms with E-state index in [0.717, 1.165) is 59.1 Å². The maximum atomic E-state index is 12.0. The summed E-state index contributed by atoms with van der Waals surface area (Å²) in [5.41, 5.74) is 8.28. The molecule has 2 aliphatic rings. The second-order valence-corrected chi connectivity index (χ2v) is 10.8. The Kier molecular flexibility index (Phi) is 7.82. The molecule has 8 heteroatoms. The quantitative estimate of drug-likeness (QED) is 0.517. The summed E-state index contributed by atoms with van der Waals surface area (Å²) < 4.78 is 5.36. The number of piperidine rings is 1. The fraction of sp³-hybridized carbons (Fsp3) is 0.583. The number of methoxy groups -OCH3 is 1. The van der Waals surface area contributed by atoms with Gasteiger partial charge in [0.15, 0.2) is 0 Å². The van der Waals surface area contributed by atoms with E-state index in [4.69, 9.17) is 22.1 Å². The van der Waals surface area contributed by atoms with Crippen LogP contribution in [0.1, 0.15) is 43.7 Å². The lowest BCUT2D eigenvalue weighted by atomic mass is 9.81. The number of halogens is 1. The average Bonchev–Trinajstić information content (AvgIpc) is 3.61.